The molecule has 0 saturated heterocycles. The summed E-state index contributed by atoms with van der Waals surface area (Å²) in [6.07, 6.45) is 0. The van der Waals surface area contributed by atoms with Crippen LogP contribution in [0.4, 0.5) is 5.13 Å². The number of hydrogen-bond acceptors (Lipinski definition) is 4. The zero-order valence-electron chi connectivity index (χ0n) is 5.26. The third-order valence-electron chi connectivity index (χ3n) is 0.806. The lowest BCUT2D eigenvalue weighted by atomic mass is 10.7. The Balaban J connectivity index is 2.65. The first-order chi connectivity index (χ1) is 5.22. The summed E-state index contributed by atoms with van der Waals surface area (Å²) in [4.78, 5) is 20.8. The molecule has 60 valence electrons. The van der Waals surface area contributed by atoms with Crippen molar-refractivity contribution in [2.45, 2.75) is 0 Å². The molecule has 7 heteroatoms. The van der Waals surface area contributed by atoms with Gasteiger partial charge in [-0.3, -0.25) is 14.9 Å². The van der Waals surface area contributed by atoms with E-state index in [0.717, 1.165) is 11.3 Å². The molecule has 0 unspecified atom stereocenters. The molecule has 0 atom stereocenters. The molecule has 1 rings (SSSR count). The molecule has 0 aliphatic rings. The minimum absolute atomic E-state index is 0.145. The van der Waals surface area contributed by atoms with Crippen LogP contribution in [0, 0.1) is 0 Å². The second-order valence-corrected chi connectivity index (χ2v) is 2.83. The normalized spacial score (nSPS) is 9.55. The van der Waals surface area contributed by atoms with Crippen LogP contribution < -0.4 is 10.2 Å². The van der Waals surface area contributed by atoms with E-state index >= 15 is 0 Å². The lowest BCUT2D eigenvalue weighted by Crippen LogP contribution is -2.12. The smallest absolute Gasteiger partial charge is 0.299 e. The molecule has 0 aromatic carbocycles. The maximum absolute atomic E-state index is 10.6. The Morgan fingerprint density at radius 3 is 3.00 bits per heavy atom. The molecule has 0 radical (unpaired) electrons. The van der Waals surface area contributed by atoms with Crippen LogP contribution in [0.15, 0.2) is 4.79 Å². The second kappa shape index (κ2) is 3.49. The quantitative estimate of drug-likeness (QED) is 0.650. The number of aromatic nitrogens is 2. The number of rotatable bonds is 2. The minimum atomic E-state index is -0.380. The van der Waals surface area contributed by atoms with Gasteiger partial charge in [0.1, 0.15) is 5.88 Å². The van der Waals surface area contributed by atoms with E-state index in [2.05, 4.69) is 15.5 Å². The fourth-order valence-electron chi connectivity index (χ4n) is 0.436. The van der Waals surface area contributed by atoms with Crippen molar-refractivity contribution in [3.8, 4) is 0 Å². The largest absolute Gasteiger partial charge is 0.324 e. The number of H-pyrrole nitrogens is 1. The van der Waals surface area contributed by atoms with Gasteiger partial charge in [-0.25, -0.2) is 5.10 Å². The number of nitrogens with one attached hydrogen (secondary N) is 2. The predicted octanol–water partition coefficient (Wildman–Crippen LogP) is 0.00870. The fourth-order valence-corrected chi connectivity index (χ4v) is 1.03. The highest BCUT2D eigenvalue weighted by molar-refractivity contribution is 7.13. The van der Waals surface area contributed by atoms with Gasteiger partial charge in [-0.05, 0) is 11.3 Å². The summed E-state index contributed by atoms with van der Waals surface area (Å²) < 4.78 is 0. The summed E-state index contributed by atoms with van der Waals surface area (Å²) in [5, 5.41) is 8.20. The fraction of sp³-hybridized carbons (Fsp3) is 0.250. The van der Waals surface area contributed by atoms with E-state index in [9.17, 15) is 9.59 Å². The summed E-state index contributed by atoms with van der Waals surface area (Å²) >= 11 is 6.00. The number of hydrogen-bond donors (Lipinski definition) is 2. The van der Waals surface area contributed by atoms with Gasteiger partial charge in [0.2, 0.25) is 11.0 Å². The summed E-state index contributed by atoms with van der Waals surface area (Å²) in [5.41, 5.74) is 0. The van der Waals surface area contributed by atoms with Crippen LogP contribution in [0.2, 0.25) is 0 Å². The first kappa shape index (κ1) is 8.22. The van der Waals surface area contributed by atoms with Crippen LogP contribution in [0.25, 0.3) is 0 Å². The van der Waals surface area contributed by atoms with Gasteiger partial charge in [0.25, 0.3) is 0 Å². The highest BCUT2D eigenvalue weighted by atomic mass is 35.5. The Morgan fingerprint density at radius 2 is 2.55 bits per heavy atom. The van der Waals surface area contributed by atoms with Gasteiger partial charge in [0.15, 0.2) is 0 Å². The summed E-state index contributed by atoms with van der Waals surface area (Å²) in [6.45, 7) is 0. The molecule has 0 spiro atoms. The van der Waals surface area contributed by atoms with Gasteiger partial charge in [-0.15, -0.1) is 16.7 Å². The molecule has 0 fully saturated rings. The molecule has 1 aromatic rings. The molecule has 1 amide bonds. The predicted molar refractivity (Wildman–Crippen MR) is 42.1 cm³/mol. The summed E-state index contributed by atoms with van der Waals surface area (Å²) in [7, 11) is 0. The molecule has 0 aliphatic heterocycles. The van der Waals surface area contributed by atoms with Crippen LogP contribution in [0.3, 0.4) is 0 Å². The molecule has 0 aliphatic carbocycles. The lowest BCUT2D eigenvalue weighted by Gasteiger charge is -1.92. The van der Waals surface area contributed by atoms with Crippen molar-refractivity contribution >= 4 is 34.0 Å². The molecular formula is C4H4ClN3O2S. The van der Waals surface area contributed by atoms with Gasteiger partial charge in [-0.1, -0.05) is 0 Å². The number of halogens is 1. The van der Waals surface area contributed by atoms with Gasteiger partial charge < -0.3 is 0 Å². The lowest BCUT2D eigenvalue weighted by molar-refractivity contribution is -0.113. The van der Waals surface area contributed by atoms with Crippen molar-refractivity contribution in [2.75, 3.05) is 11.2 Å². The molecule has 0 saturated carbocycles. The number of amides is 1. The summed E-state index contributed by atoms with van der Waals surface area (Å²) in [5.74, 6) is -0.525. The topological polar surface area (TPSA) is 74.8 Å². The second-order valence-electron chi connectivity index (χ2n) is 1.60. The Labute approximate surface area is 70.4 Å². The van der Waals surface area contributed by atoms with E-state index in [-0.39, 0.29) is 21.8 Å². The Kier molecular flexibility index (Phi) is 2.61. The number of alkyl halides is 1. The molecule has 5 nitrogen and oxygen atoms in total. The maximum atomic E-state index is 10.6. The first-order valence-electron chi connectivity index (χ1n) is 2.63. The number of nitrogens with zero attached hydrogens (tertiary/aromatic N) is 1. The number of aromatic amines is 1. The Bertz CT molecular complexity index is 306. The van der Waals surface area contributed by atoms with E-state index in [1.807, 2.05) is 0 Å². The maximum Gasteiger partial charge on any atom is 0.324 e. The monoisotopic (exact) mass is 193 g/mol. The van der Waals surface area contributed by atoms with Crippen LogP contribution in [0.1, 0.15) is 0 Å². The molecule has 1 aromatic heterocycles. The van der Waals surface area contributed by atoms with Crippen molar-refractivity contribution in [1.82, 2.24) is 10.2 Å². The van der Waals surface area contributed by atoms with Crippen LogP contribution in [-0.4, -0.2) is 22.0 Å². The van der Waals surface area contributed by atoms with E-state index in [4.69, 9.17) is 11.6 Å². The highest BCUT2D eigenvalue weighted by Crippen LogP contribution is 2.02. The molecule has 0 bridgehead atoms. The summed E-state index contributed by atoms with van der Waals surface area (Å²) in [6, 6.07) is 0. The average molecular weight is 194 g/mol. The zero-order valence-corrected chi connectivity index (χ0v) is 6.83. The van der Waals surface area contributed by atoms with Crippen LogP contribution in [0.5, 0.6) is 0 Å². The molecule has 1 heterocycles. The third-order valence-corrected chi connectivity index (χ3v) is 1.71. The Hall–Kier alpha value is -0.880. The van der Waals surface area contributed by atoms with Crippen molar-refractivity contribution in [2.24, 2.45) is 0 Å². The van der Waals surface area contributed by atoms with E-state index in [1.165, 1.54) is 0 Å². The molecule has 11 heavy (non-hydrogen) atoms. The van der Waals surface area contributed by atoms with Gasteiger partial charge in [0, 0.05) is 0 Å². The van der Waals surface area contributed by atoms with Gasteiger partial charge in [0.05, 0.1) is 0 Å². The van der Waals surface area contributed by atoms with E-state index in [0.29, 0.717) is 0 Å². The molecular weight excluding hydrogens is 190 g/mol. The van der Waals surface area contributed by atoms with Crippen molar-refractivity contribution in [3.63, 3.8) is 0 Å². The first-order valence-corrected chi connectivity index (χ1v) is 3.99. The van der Waals surface area contributed by atoms with Crippen LogP contribution in [-0.2, 0) is 4.79 Å². The van der Waals surface area contributed by atoms with Crippen molar-refractivity contribution in [1.29, 1.82) is 0 Å². The number of anilines is 1. The zero-order chi connectivity index (χ0) is 8.27. The van der Waals surface area contributed by atoms with Crippen molar-refractivity contribution in [3.05, 3.63) is 9.67 Å². The Morgan fingerprint density at radius 1 is 1.82 bits per heavy atom. The van der Waals surface area contributed by atoms with E-state index in [1.54, 1.807) is 0 Å². The third kappa shape index (κ3) is 2.32. The van der Waals surface area contributed by atoms with E-state index < -0.39 is 0 Å². The van der Waals surface area contributed by atoms with Crippen LogP contribution >= 0.6 is 22.9 Å². The highest BCUT2D eigenvalue weighted by Gasteiger charge is 2.02. The van der Waals surface area contributed by atoms with Gasteiger partial charge in [-0.2, -0.15) is 0 Å². The minimum Gasteiger partial charge on any atom is -0.299 e. The molecule has 2 N–H and O–H groups in total. The van der Waals surface area contributed by atoms with Crippen molar-refractivity contribution < 1.29 is 4.79 Å². The average Bonchev–Trinajstić information content (AvgIpc) is 2.35. The van der Waals surface area contributed by atoms with Gasteiger partial charge >= 0.3 is 4.87 Å². The standard InChI is InChI=1S/C4H4ClN3O2S/c5-1-2(9)6-3-7-8-4(10)11-3/h1H2,(H,8,10)(H,6,7,9). The number of carbonyl (C=O) groups excluding carboxylic acids is 1. The number of carbonyl (C=O) groups is 1. The SMILES string of the molecule is O=C(CCl)Nc1n[nH]c(=O)s1.